The van der Waals surface area contributed by atoms with E-state index in [-0.39, 0.29) is 0 Å². The van der Waals surface area contributed by atoms with Crippen LogP contribution >= 0.6 is 0 Å². The highest BCUT2D eigenvalue weighted by molar-refractivity contribution is 7.91. The number of cyclic esters (lactones) is 2. The van der Waals surface area contributed by atoms with E-state index in [1.54, 1.807) is 0 Å². The molecule has 1 aliphatic rings. The van der Waals surface area contributed by atoms with Crippen LogP contribution in [0.15, 0.2) is 0 Å². The molecule has 0 aliphatic carbocycles. The van der Waals surface area contributed by atoms with Crippen LogP contribution < -0.4 is 0 Å². The van der Waals surface area contributed by atoms with Crippen LogP contribution in [0.1, 0.15) is 0 Å². The summed E-state index contributed by atoms with van der Waals surface area (Å²) in [5.41, 5.74) is 0. The van der Waals surface area contributed by atoms with Crippen LogP contribution in [-0.4, -0.2) is 48.4 Å². The fraction of sp³-hybridized carbons (Fsp3) is 0.500. The summed E-state index contributed by atoms with van der Waals surface area (Å²) in [6.45, 7) is 0. The van der Waals surface area contributed by atoms with Crippen LogP contribution in [0.5, 0.6) is 0 Å². The quantitative estimate of drug-likeness (QED) is 0.313. The molecular weight excluding hydrogens is 256 g/mol. The molecular formula is C4H4O9S2. The smallest absolute Gasteiger partial charge is 0.336 e. The third-order valence-electron chi connectivity index (χ3n) is 1.58. The average molecular weight is 260 g/mol. The minimum absolute atomic E-state index is 1.75. The first-order valence-electron chi connectivity index (χ1n) is 3.23. The number of hydrogen-bond donors (Lipinski definition) is 2. The Morgan fingerprint density at radius 3 is 1.33 bits per heavy atom. The third kappa shape index (κ3) is 2.14. The highest BCUT2D eigenvalue weighted by atomic mass is 32.2. The monoisotopic (exact) mass is 260 g/mol. The van der Waals surface area contributed by atoms with Crippen molar-refractivity contribution >= 4 is 32.2 Å². The summed E-state index contributed by atoms with van der Waals surface area (Å²) in [4.78, 5) is 21.5. The van der Waals surface area contributed by atoms with E-state index in [0.29, 0.717) is 0 Å². The van der Waals surface area contributed by atoms with Crippen LogP contribution in [0.3, 0.4) is 0 Å². The molecule has 2 unspecified atom stereocenters. The van der Waals surface area contributed by atoms with Crippen molar-refractivity contribution in [3.8, 4) is 0 Å². The summed E-state index contributed by atoms with van der Waals surface area (Å²) in [6.07, 6.45) is 0. The Hall–Kier alpha value is -1.04. The van der Waals surface area contributed by atoms with Crippen LogP contribution in [0.4, 0.5) is 0 Å². The fourth-order valence-corrected chi connectivity index (χ4v) is 3.29. The molecule has 86 valence electrons. The number of esters is 2. The van der Waals surface area contributed by atoms with E-state index >= 15 is 0 Å². The van der Waals surface area contributed by atoms with Crippen LogP contribution in [0.2, 0.25) is 0 Å². The van der Waals surface area contributed by atoms with Gasteiger partial charge < -0.3 is 4.74 Å². The fourth-order valence-electron chi connectivity index (χ4n) is 1.02. The topological polar surface area (TPSA) is 152 Å². The van der Waals surface area contributed by atoms with Gasteiger partial charge in [-0.15, -0.1) is 0 Å². The Labute approximate surface area is 83.5 Å². The second kappa shape index (κ2) is 3.23. The minimum atomic E-state index is -5.15. The molecule has 1 fully saturated rings. The molecule has 0 radical (unpaired) electrons. The summed E-state index contributed by atoms with van der Waals surface area (Å²) in [5, 5.41) is -5.28. The maximum atomic E-state index is 10.7. The molecule has 9 nitrogen and oxygen atoms in total. The van der Waals surface area contributed by atoms with Crippen molar-refractivity contribution in [2.75, 3.05) is 0 Å². The summed E-state index contributed by atoms with van der Waals surface area (Å²) >= 11 is 0. The maximum absolute atomic E-state index is 10.7. The molecule has 2 atom stereocenters. The average Bonchev–Trinajstić information content (AvgIpc) is 2.22. The van der Waals surface area contributed by atoms with Gasteiger partial charge in [-0.3, -0.25) is 9.11 Å². The highest BCUT2D eigenvalue weighted by Gasteiger charge is 2.58. The van der Waals surface area contributed by atoms with Crippen LogP contribution in [-0.2, 0) is 34.6 Å². The number of carbonyl (C=O) groups excluding carboxylic acids is 2. The molecule has 0 saturated carbocycles. The number of carbonyl (C=O) groups is 2. The van der Waals surface area contributed by atoms with Gasteiger partial charge in [0, 0.05) is 0 Å². The molecule has 1 heterocycles. The second-order valence-electron chi connectivity index (χ2n) is 2.61. The lowest BCUT2D eigenvalue weighted by Gasteiger charge is -2.06. The molecule has 2 N–H and O–H groups in total. The van der Waals surface area contributed by atoms with Gasteiger partial charge in [-0.05, 0) is 0 Å². The van der Waals surface area contributed by atoms with Crippen LogP contribution in [0, 0.1) is 0 Å². The summed E-state index contributed by atoms with van der Waals surface area (Å²) in [5.74, 6) is -3.49. The molecule has 15 heavy (non-hydrogen) atoms. The second-order valence-corrected chi connectivity index (χ2v) is 5.69. The molecule has 0 spiro atoms. The van der Waals surface area contributed by atoms with Crippen molar-refractivity contribution in [2.45, 2.75) is 10.5 Å². The van der Waals surface area contributed by atoms with Gasteiger partial charge in [-0.1, -0.05) is 0 Å². The van der Waals surface area contributed by atoms with E-state index in [0.717, 1.165) is 0 Å². The van der Waals surface area contributed by atoms with Gasteiger partial charge in [0.25, 0.3) is 20.2 Å². The van der Waals surface area contributed by atoms with Gasteiger partial charge in [0.1, 0.15) is 0 Å². The predicted molar refractivity (Wildman–Crippen MR) is 41.8 cm³/mol. The van der Waals surface area contributed by atoms with E-state index in [1.165, 1.54) is 0 Å². The van der Waals surface area contributed by atoms with Crippen molar-refractivity contribution in [1.82, 2.24) is 0 Å². The summed E-state index contributed by atoms with van der Waals surface area (Å²) < 4.78 is 62.9. The largest absolute Gasteiger partial charge is 0.391 e. The molecule has 0 amide bonds. The Kier molecular flexibility index (Phi) is 2.59. The zero-order valence-corrected chi connectivity index (χ0v) is 8.36. The zero-order chi connectivity index (χ0) is 12.0. The normalized spacial score (nSPS) is 27.9. The molecule has 11 heteroatoms. The molecule has 0 bridgehead atoms. The standard InChI is InChI=1S/C4H4O9S2/c5-3-1(14(7,8)9)2(4(6)13-3)15(10,11)12/h1-2H,(H,7,8,9)(H,10,11,12). The van der Waals surface area contributed by atoms with Gasteiger partial charge in [0.05, 0.1) is 0 Å². The van der Waals surface area contributed by atoms with Crippen molar-refractivity contribution in [3.63, 3.8) is 0 Å². The number of rotatable bonds is 2. The van der Waals surface area contributed by atoms with E-state index in [9.17, 15) is 26.4 Å². The Morgan fingerprint density at radius 2 is 1.13 bits per heavy atom. The Morgan fingerprint density at radius 1 is 0.867 bits per heavy atom. The first-order chi connectivity index (χ1) is 6.55. The first-order valence-corrected chi connectivity index (χ1v) is 6.24. The zero-order valence-electron chi connectivity index (χ0n) is 6.72. The summed E-state index contributed by atoms with van der Waals surface area (Å²) in [7, 11) is -10.3. The Balaban J connectivity index is 3.37. The number of hydrogen-bond acceptors (Lipinski definition) is 7. The van der Waals surface area contributed by atoms with Gasteiger partial charge in [-0.25, -0.2) is 9.59 Å². The Bertz CT molecular complexity index is 462. The van der Waals surface area contributed by atoms with E-state index < -0.39 is 42.7 Å². The van der Waals surface area contributed by atoms with Crippen molar-refractivity contribution in [2.24, 2.45) is 0 Å². The van der Waals surface area contributed by atoms with Crippen molar-refractivity contribution in [3.05, 3.63) is 0 Å². The van der Waals surface area contributed by atoms with E-state index in [2.05, 4.69) is 4.74 Å². The van der Waals surface area contributed by atoms with Gasteiger partial charge in [-0.2, -0.15) is 16.8 Å². The van der Waals surface area contributed by atoms with E-state index in [1.807, 2.05) is 0 Å². The molecule has 1 aliphatic heterocycles. The molecule has 0 aromatic carbocycles. The summed E-state index contributed by atoms with van der Waals surface area (Å²) in [6, 6.07) is 0. The SMILES string of the molecule is O=C1OC(=O)C(S(=O)(=O)O)C1S(=O)(=O)O. The number of ether oxygens (including phenoxy) is 1. The van der Waals surface area contributed by atoms with Gasteiger partial charge in [0.2, 0.25) is 10.5 Å². The van der Waals surface area contributed by atoms with Gasteiger partial charge in [0.15, 0.2) is 0 Å². The molecule has 1 rings (SSSR count). The lowest BCUT2D eigenvalue weighted by Crippen LogP contribution is -2.41. The lowest BCUT2D eigenvalue weighted by atomic mass is 10.3. The molecule has 0 aromatic heterocycles. The maximum Gasteiger partial charge on any atom is 0.336 e. The third-order valence-corrected chi connectivity index (χ3v) is 3.97. The van der Waals surface area contributed by atoms with Crippen LogP contribution in [0.25, 0.3) is 0 Å². The van der Waals surface area contributed by atoms with Crippen molar-refractivity contribution < 1.29 is 40.3 Å². The van der Waals surface area contributed by atoms with Crippen molar-refractivity contribution in [1.29, 1.82) is 0 Å². The van der Waals surface area contributed by atoms with E-state index in [4.69, 9.17) is 9.11 Å². The highest BCUT2D eigenvalue weighted by Crippen LogP contribution is 2.22. The molecule has 1 saturated heterocycles. The van der Waals surface area contributed by atoms with Gasteiger partial charge >= 0.3 is 11.9 Å². The molecule has 0 aromatic rings. The minimum Gasteiger partial charge on any atom is -0.391 e. The lowest BCUT2D eigenvalue weighted by molar-refractivity contribution is -0.151. The first kappa shape index (κ1) is 12.0. The predicted octanol–water partition coefficient (Wildman–Crippen LogP) is -2.42.